The van der Waals surface area contributed by atoms with E-state index in [1.807, 2.05) is 0 Å². The quantitative estimate of drug-likeness (QED) is 0.824. The van der Waals surface area contributed by atoms with Gasteiger partial charge in [-0.3, -0.25) is 4.90 Å². The van der Waals surface area contributed by atoms with E-state index in [1.54, 1.807) is 11.3 Å². The molecule has 21 heavy (non-hydrogen) atoms. The molecule has 0 radical (unpaired) electrons. The van der Waals surface area contributed by atoms with Crippen molar-refractivity contribution in [1.29, 1.82) is 0 Å². The van der Waals surface area contributed by atoms with Gasteiger partial charge in [-0.2, -0.15) is 0 Å². The monoisotopic (exact) mass is 301 g/mol. The summed E-state index contributed by atoms with van der Waals surface area (Å²) in [5.41, 5.74) is 2.60. The van der Waals surface area contributed by atoms with Crippen LogP contribution < -0.4 is 0 Å². The maximum Gasteiger partial charge on any atom is 0.147 e. The minimum absolute atomic E-state index is 0.496. The third-order valence-corrected chi connectivity index (χ3v) is 5.27. The fraction of sp³-hybridized carbons (Fsp3) is 0.529. The summed E-state index contributed by atoms with van der Waals surface area (Å²) >= 11 is 1.73. The smallest absolute Gasteiger partial charge is 0.147 e. The van der Waals surface area contributed by atoms with Crippen molar-refractivity contribution in [2.45, 2.75) is 45.6 Å². The summed E-state index contributed by atoms with van der Waals surface area (Å²) < 4.78 is 0. The lowest BCUT2D eigenvalue weighted by Crippen LogP contribution is -2.23. The van der Waals surface area contributed by atoms with Crippen LogP contribution in [0.3, 0.4) is 0 Å². The summed E-state index contributed by atoms with van der Waals surface area (Å²) in [6, 6.07) is 9.32. The summed E-state index contributed by atoms with van der Waals surface area (Å²) in [4.78, 5) is 2.57. The topological polar surface area (TPSA) is 29.0 Å². The highest BCUT2D eigenvalue weighted by atomic mass is 32.1. The Morgan fingerprint density at radius 2 is 2.05 bits per heavy atom. The number of likely N-dealkylation sites (tertiary alicyclic amines) is 1. The van der Waals surface area contributed by atoms with E-state index in [1.165, 1.54) is 37.1 Å². The van der Waals surface area contributed by atoms with E-state index in [9.17, 15) is 0 Å². The van der Waals surface area contributed by atoms with Crippen molar-refractivity contribution in [3.63, 3.8) is 0 Å². The molecule has 0 spiro atoms. The van der Waals surface area contributed by atoms with Crippen LogP contribution in [0, 0.1) is 0 Å². The Morgan fingerprint density at radius 3 is 2.81 bits per heavy atom. The van der Waals surface area contributed by atoms with Crippen LogP contribution in [0.5, 0.6) is 0 Å². The molecule has 3 nitrogen and oxygen atoms in total. The summed E-state index contributed by atoms with van der Waals surface area (Å²) in [7, 11) is 0. The normalized spacial score (nSPS) is 17.2. The van der Waals surface area contributed by atoms with Crippen LogP contribution in [-0.4, -0.2) is 28.2 Å². The lowest BCUT2D eigenvalue weighted by atomic mass is 10.0. The molecule has 1 atom stereocenters. The molecule has 4 heteroatoms. The van der Waals surface area contributed by atoms with E-state index < -0.39 is 0 Å². The van der Waals surface area contributed by atoms with Crippen molar-refractivity contribution in [1.82, 2.24) is 15.1 Å². The SMILES string of the molecule is CCCc1nnc(-c2cccc(C(C)N3CCCC3)c2)s1. The van der Waals surface area contributed by atoms with Gasteiger partial charge in [0.15, 0.2) is 0 Å². The molecule has 3 rings (SSSR count). The second kappa shape index (κ2) is 6.67. The molecule has 1 aliphatic heterocycles. The standard InChI is InChI=1S/C17H23N3S/c1-3-7-16-18-19-17(21-16)15-9-6-8-14(12-15)13(2)20-10-4-5-11-20/h6,8-9,12-13H,3-5,7,10-11H2,1-2H3. The van der Waals surface area contributed by atoms with Gasteiger partial charge >= 0.3 is 0 Å². The molecule has 0 aliphatic carbocycles. The van der Waals surface area contributed by atoms with Gasteiger partial charge < -0.3 is 0 Å². The number of rotatable bonds is 5. The summed E-state index contributed by atoms with van der Waals surface area (Å²) in [6.45, 7) is 6.95. The van der Waals surface area contributed by atoms with Crippen molar-refractivity contribution in [2.75, 3.05) is 13.1 Å². The Morgan fingerprint density at radius 1 is 1.24 bits per heavy atom. The summed E-state index contributed by atoms with van der Waals surface area (Å²) in [5, 5.41) is 10.8. The fourth-order valence-electron chi connectivity index (χ4n) is 2.96. The first-order valence-corrected chi connectivity index (χ1v) is 8.76. The van der Waals surface area contributed by atoms with Gasteiger partial charge in [0, 0.05) is 18.0 Å². The Kier molecular flexibility index (Phi) is 4.66. The second-order valence-electron chi connectivity index (χ2n) is 5.80. The number of hydrogen-bond donors (Lipinski definition) is 0. The average molecular weight is 301 g/mol. The van der Waals surface area contributed by atoms with Crippen molar-refractivity contribution < 1.29 is 0 Å². The third kappa shape index (κ3) is 3.33. The first kappa shape index (κ1) is 14.7. The molecule has 1 fully saturated rings. The molecule has 2 heterocycles. The Balaban J connectivity index is 1.81. The minimum atomic E-state index is 0.496. The number of hydrogen-bond acceptors (Lipinski definition) is 4. The predicted octanol–water partition coefficient (Wildman–Crippen LogP) is 4.31. The zero-order valence-electron chi connectivity index (χ0n) is 12.9. The van der Waals surface area contributed by atoms with E-state index in [2.05, 4.69) is 53.2 Å². The van der Waals surface area contributed by atoms with Gasteiger partial charge in [-0.05, 0) is 50.9 Å². The van der Waals surface area contributed by atoms with Gasteiger partial charge in [-0.25, -0.2) is 0 Å². The van der Waals surface area contributed by atoms with Crippen LogP contribution in [0.4, 0.5) is 0 Å². The van der Waals surface area contributed by atoms with Gasteiger partial charge in [0.1, 0.15) is 10.0 Å². The first-order valence-electron chi connectivity index (χ1n) is 7.94. The Labute approximate surface area is 131 Å². The molecule has 1 unspecified atom stereocenters. The van der Waals surface area contributed by atoms with Gasteiger partial charge in [0.2, 0.25) is 0 Å². The molecule has 1 aromatic heterocycles. The maximum absolute atomic E-state index is 4.36. The highest BCUT2D eigenvalue weighted by Crippen LogP contribution is 2.29. The van der Waals surface area contributed by atoms with Crippen LogP contribution >= 0.6 is 11.3 Å². The molecule has 0 N–H and O–H groups in total. The van der Waals surface area contributed by atoms with Crippen molar-refractivity contribution in [2.24, 2.45) is 0 Å². The molecule has 112 valence electrons. The second-order valence-corrected chi connectivity index (χ2v) is 6.86. The zero-order chi connectivity index (χ0) is 14.7. The highest BCUT2D eigenvalue weighted by Gasteiger charge is 2.19. The minimum Gasteiger partial charge on any atom is -0.297 e. The molecule has 0 bridgehead atoms. The number of nitrogens with zero attached hydrogens (tertiary/aromatic N) is 3. The molecule has 1 aliphatic rings. The van der Waals surface area contributed by atoms with E-state index in [4.69, 9.17) is 0 Å². The van der Waals surface area contributed by atoms with Crippen molar-refractivity contribution in [3.05, 3.63) is 34.8 Å². The molecular formula is C17H23N3S. The highest BCUT2D eigenvalue weighted by molar-refractivity contribution is 7.14. The van der Waals surface area contributed by atoms with E-state index in [-0.39, 0.29) is 0 Å². The number of aromatic nitrogens is 2. The van der Waals surface area contributed by atoms with Crippen LogP contribution in [0.25, 0.3) is 10.6 Å². The van der Waals surface area contributed by atoms with E-state index in [0.29, 0.717) is 6.04 Å². The lowest BCUT2D eigenvalue weighted by Gasteiger charge is -2.24. The molecule has 0 amide bonds. The van der Waals surface area contributed by atoms with E-state index >= 15 is 0 Å². The van der Waals surface area contributed by atoms with Gasteiger partial charge in [0.05, 0.1) is 0 Å². The largest absolute Gasteiger partial charge is 0.297 e. The molecule has 2 aromatic rings. The fourth-order valence-corrected chi connectivity index (χ4v) is 3.89. The maximum atomic E-state index is 4.36. The van der Waals surface area contributed by atoms with Gasteiger partial charge in [-0.1, -0.05) is 36.5 Å². The van der Waals surface area contributed by atoms with Crippen molar-refractivity contribution >= 4 is 11.3 Å². The first-order chi connectivity index (χ1) is 10.3. The van der Waals surface area contributed by atoms with Crippen molar-refractivity contribution in [3.8, 4) is 10.6 Å². The molecule has 1 aromatic carbocycles. The van der Waals surface area contributed by atoms with E-state index in [0.717, 1.165) is 22.9 Å². The number of benzene rings is 1. The van der Waals surface area contributed by atoms with Gasteiger partial charge in [0.25, 0.3) is 0 Å². The summed E-state index contributed by atoms with van der Waals surface area (Å²) in [6.07, 6.45) is 4.82. The van der Waals surface area contributed by atoms with Gasteiger partial charge in [-0.15, -0.1) is 10.2 Å². The zero-order valence-corrected chi connectivity index (χ0v) is 13.7. The average Bonchev–Trinajstić information content (AvgIpc) is 3.18. The van der Waals surface area contributed by atoms with Crippen LogP contribution in [0.2, 0.25) is 0 Å². The predicted molar refractivity (Wildman–Crippen MR) is 88.6 cm³/mol. The van der Waals surface area contributed by atoms with Crippen LogP contribution in [-0.2, 0) is 6.42 Å². The molecule has 0 saturated carbocycles. The third-order valence-electron chi connectivity index (χ3n) is 4.24. The molecular weight excluding hydrogens is 278 g/mol. The van der Waals surface area contributed by atoms with Crippen LogP contribution in [0.1, 0.15) is 49.7 Å². The lowest BCUT2D eigenvalue weighted by molar-refractivity contribution is 0.263. The summed E-state index contributed by atoms with van der Waals surface area (Å²) in [5.74, 6) is 0. The number of aryl methyl sites for hydroxylation is 1. The molecule has 1 saturated heterocycles. The van der Waals surface area contributed by atoms with Crippen LogP contribution in [0.15, 0.2) is 24.3 Å². The Hall–Kier alpha value is -1.26. The Bertz CT molecular complexity index is 587.